The van der Waals surface area contributed by atoms with Crippen LogP contribution >= 0.6 is 15.9 Å². The summed E-state index contributed by atoms with van der Waals surface area (Å²) in [5.74, 6) is 0. The zero-order valence-electron chi connectivity index (χ0n) is 9.20. The summed E-state index contributed by atoms with van der Waals surface area (Å²) in [4.78, 5) is -0.255. The number of halogens is 1. The first-order valence-electron chi connectivity index (χ1n) is 5.46. The van der Waals surface area contributed by atoms with Crippen molar-refractivity contribution in [1.82, 2.24) is 0 Å². The van der Waals surface area contributed by atoms with E-state index in [1.807, 2.05) is 30.3 Å². The molecule has 0 bridgehead atoms. The molecule has 0 aliphatic carbocycles. The molecule has 4 nitrogen and oxygen atoms in total. The number of hydrogen-bond donors (Lipinski definition) is 2. The zero-order chi connectivity index (χ0) is 12.3. The first-order valence-corrected chi connectivity index (χ1v) is 6.37. The second-order valence-electron chi connectivity index (χ2n) is 4.00. The maximum Gasteiger partial charge on any atom is 0.186 e. The Morgan fingerprint density at radius 3 is 2.65 bits per heavy atom. The highest BCUT2D eigenvalue weighted by Gasteiger charge is 2.37. The summed E-state index contributed by atoms with van der Waals surface area (Å²) in [7, 11) is 0. The predicted octanol–water partition coefficient (Wildman–Crippen LogP) is 1.04. The minimum atomic E-state index is -1.03. The molecule has 5 heteroatoms. The standard InChI is InChI=1S/C12H15BrO4/c13-9-7-17-12(11(15)10(9)14)16-6-8-4-2-1-3-5-8/h1-5,9-12,14-15H,6-7H2/t9-,10+,11+,12+/m0/s1. The highest BCUT2D eigenvalue weighted by molar-refractivity contribution is 9.09. The van der Waals surface area contributed by atoms with Crippen molar-refractivity contribution in [2.75, 3.05) is 6.61 Å². The highest BCUT2D eigenvalue weighted by Crippen LogP contribution is 2.22. The van der Waals surface area contributed by atoms with E-state index < -0.39 is 18.5 Å². The molecule has 0 amide bonds. The van der Waals surface area contributed by atoms with E-state index in [4.69, 9.17) is 9.47 Å². The molecule has 1 heterocycles. The van der Waals surface area contributed by atoms with Crippen molar-refractivity contribution in [3.05, 3.63) is 35.9 Å². The van der Waals surface area contributed by atoms with E-state index >= 15 is 0 Å². The summed E-state index contributed by atoms with van der Waals surface area (Å²) in [6, 6.07) is 9.62. The molecule has 1 saturated heterocycles. The summed E-state index contributed by atoms with van der Waals surface area (Å²) < 4.78 is 10.8. The van der Waals surface area contributed by atoms with Gasteiger partial charge >= 0.3 is 0 Å². The maximum absolute atomic E-state index is 9.76. The lowest BCUT2D eigenvalue weighted by Crippen LogP contribution is -2.51. The average molecular weight is 303 g/mol. The number of rotatable bonds is 3. The normalized spacial score (nSPS) is 33.6. The van der Waals surface area contributed by atoms with Gasteiger partial charge in [0, 0.05) is 0 Å². The van der Waals surface area contributed by atoms with Crippen LogP contribution in [-0.4, -0.2) is 40.1 Å². The van der Waals surface area contributed by atoms with Crippen LogP contribution in [-0.2, 0) is 16.1 Å². The molecule has 0 saturated carbocycles. The van der Waals surface area contributed by atoms with Gasteiger partial charge in [-0.3, -0.25) is 0 Å². The van der Waals surface area contributed by atoms with E-state index in [2.05, 4.69) is 15.9 Å². The number of ether oxygens (including phenoxy) is 2. The molecule has 1 aliphatic heterocycles. The van der Waals surface area contributed by atoms with Crippen LogP contribution < -0.4 is 0 Å². The van der Waals surface area contributed by atoms with Crippen LogP contribution in [0.25, 0.3) is 0 Å². The summed E-state index contributed by atoms with van der Waals surface area (Å²) in [5.41, 5.74) is 0.999. The topological polar surface area (TPSA) is 58.9 Å². The fraction of sp³-hybridized carbons (Fsp3) is 0.500. The third-order valence-electron chi connectivity index (χ3n) is 2.68. The van der Waals surface area contributed by atoms with Gasteiger partial charge in [-0.25, -0.2) is 0 Å². The summed E-state index contributed by atoms with van der Waals surface area (Å²) >= 11 is 3.23. The molecule has 2 rings (SSSR count). The fourth-order valence-corrected chi connectivity index (χ4v) is 2.12. The van der Waals surface area contributed by atoms with Gasteiger partial charge in [-0.1, -0.05) is 46.3 Å². The Morgan fingerprint density at radius 1 is 1.24 bits per heavy atom. The van der Waals surface area contributed by atoms with E-state index in [-0.39, 0.29) is 4.83 Å². The van der Waals surface area contributed by atoms with Crippen molar-refractivity contribution in [3.63, 3.8) is 0 Å². The number of aliphatic hydroxyl groups excluding tert-OH is 2. The first-order chi connectivity index (χ1) is 8.18. The van der Waals surface area contributed by atoms with Gasteiger partial charge in [0.05, 0.1) is 24.1 Å². The Bertz CT molecular complexity index is 346. The molecule has 17 heavy (non-hydrogen) atoms. The molecule has 1 fully saturated rings. The van der Waals surface area contributed by atoms with E-state index in [9.17, 15) is 10.2 Å². The minimum Gasteiger partial charge on any atom is -0.389 e. The van der Waals surface area contributed by atoms with Crippen LogP contribution in [0.4, 0.5) is 0 Å². The molecule has 1 aromatic carbocycles. The van der Waals surface area contributed by atoms with E-state index in [0.717, 1.165) is 5.56 Å². The Kier molecular flexibility index (Phi) is 4.53. The highest BCUT2D eigenvalue weighted by atomic mass is 79.9. The zero-order valence-corrected chi connectivity index (χ0v) is 10.8. The smallest absolute Gasteiger partial charge is 0.186 e. The predicted molar refractivity (Wildman–Crippen MR) is 65.7 cm³/mol. The monoisotopic (exact) mass is 302 g/mol. The molecule has 4 atom stereocenters. The number of hydrogen-bond acceptors (Lipinski definition) is 4. The lowest BCUT2D eigenvalue weighted by atomic mass is 10.1. The van der Waals surface area contributed by atoms with Gasteiger partial charge in [0.15, 0.2) is 6.29 Å². The lowest BCUT2D eigenvalue weighted by Gasteiger charge is -2.34. The second-order valence-corrected chi connectivity index (χ2v) is 5.17. The molecular weight excluding hydrogens is 288 g/mol. The summed E-state index contributed by atoms with van der Waals surface area (Å²) in [6.45, 7) is 0.667. The van der Waals surface area contributed by atoms with Gasteiger partial charge in [-0.05, 0) is 5.56 Å². The SMILES string of the molecule is O[C@H]1[C@H](OCc2ccccc2)OC[C@H](Br)[C@H]1O. The van der Waals surface area contributed by atoms with Gasteiger partial charge in [0.1, 0.15) is 6.10 Å². The third-order valence-corrected chi connectivity index (χ3v) is 3.48. The lowest BCUT2D eigenvalue weighted by molar-refractivity contribution is -0.244. The van der Waals surface area contributed by atoms with Gasteiger partial charge < -0.3 is 19.7 Å². The van der Waals surface area contributed by atoms with E-state index in [0.29, 0.717) is 13.2 Å². The van der Waals surface area contributed by atoms with Crippen LogP contribution in [0.5, 0.6) is 0 Å². The van der Waals surface area contributed by atoms with Crippen LogP contribution in [0.15, 0.2) is 30.3 Å². The molecule has 2 N–H and O–H groups in total. The molecule has 0 radical (unpaired) electrons. The quantitative estimate of drug-likeness (QED) is 0.819. The van der Waals surface area contributed by atoms with Crippen LogP contribution in [0.2, 0.25) is 0 Å². The molecule has 0 unspecified atom stereocenters. The Morgan fingerprint density at radius 2 is 1.94 bits per heavy atom. The summed E-state index contributed by atoms with van der Waals surface area (Å²) in [6.07, 6.45) is -2.68. The van der Waals surface area contributed by atoms with Gasteiger partial charge in [0.2, 0.25) is 0 Å². The van der Waals surface area contributed by atoms with Crippen LogP contribution in [0.3, 0.4) is 0 Å². The molecule has 94 valence electrons. The third kappa shape index (κ3) is 3.26. The largest absolute Gasteiger partial charge is 0.389 e. The Balaban J connectivity index is 1.87. The first kappa shape index (κ1) is 13.0. The van der Waals surface area contributed by atoms with E-state index in [1.54, 1.807) is 0 Å². The van der Waals surface area contributed by atoms with Gasteiger partial charge in [-0.15, -0.1) is 0 Å². The van der Waals surface area contributed by atoms with Crippen molar-refractivity contribution < 1.29 is 19.7 Å². The maximum atomic E-state index is 9.76. The van der Waals surface area contributed by atoms with Gasteiger partial charge in [-0.2, -0.15) is 0 Å². The van der Waals surface area contributed by atoms with Crippen molar-refractivity contribution in [2.24, 2.45) is 0 Å². The Hall–Kier alpha value is -0.460. The number of alkyl halides is 1. The molecule has 0 aromatic heterocycles. The van der Waals surface area contributed by atoms with Crippen LogP contribution in [0, 0.1) is 0 Å². The van der Waals surface area contributed by atoms with Crippen LogP contribution in [0.1, 0.15) is 5.56 Å². The Labute approximate surface area is 108 Å². The van der Waals surface area contributed by atoms with Crippen molar-refractivity contribution >= 4 is 15.9 Å². The van der Waals surface area contributed by atoms with E-state index in [1.165, 1.54) is 0 Å². The van der Waals surface area contributed by atoms with Crippen molar-refractivity contribution in [3.8, 4) is 0 Å². The molecular formula is C12H15BrO4. The number of aliphatic hydroxyl groups is 2. The second kappa shape index (κ2) is 5.93. The molecule has 0 spiro atoms. The molecule has 1 aliphatic rings. The minimum absolute atomic E-state index is 0.255. The molecule has 1 aromatic rings. The van der Waals surface area contributed by atoms with Crippen molar-refractivity contribution in [2.45, 2.75) is 29.9 Å². The van der Waals surface area contributed by atoms with Crippen molar-refractivity contribution in [1.29, 1.82) is 0 Å². The van der Waals surface area contributed by atoms with Gasteiger partial charge in [0.25, 0.3) is 0 Å². The average Bonchev–Trinajstić information content (AvgIpc) is 2.36. The summed E-state index contributed by atoms with van der Waals surface area (Å²) in [5, 5.41) is 19.4. The fourth-order valence-electron chi connectivity index (χ4n) is 1.66. The number of benzene rings is 1.